The number of hydrogen-bond donors (Lipinski definition) is 0. The van der Waals surface area contributed by atoms with E-state index >= 15 is 0 Å². The zero-order chi connectivity index (χ0) is 34.7. The molecule has 3 aliphatic carbocycles. The van der Waals surface area contributed by atoms with Gasteiger partial charge >= 0.3 is 0 Å². The monoisotopic (exact) mass is 676 g/mol. The van der Waals surface area contributed by atoms with E-state index in [4.69, 9.17) is 9.72 Å². The molecule has 12 rings (SSSR count). The molecule has 53 heavy (non-hydrogen) atoms. The van der Waals surface area contributed by atoms with E-state index in [2.05, 4.69) is 181 Å². The van der Waals surface area contributed by atoms with Crippen molar-refractivity contribution in [3.8, 4) is 45.1 Å². The van der Waals surface area contributed by atoms with E-state index in [1.54, 1.807) is 0 Å². The van der Waals surface area contributed by atoms with E-state index < -0.39 is 0 Å². The summed E-state index contributed by atoms with van der Waals surface area (Å²) in [6.45, 7) is 0. The number of aromatic nitrogens is 2. The number of rotatable bonds is 3. The zero-order valence-corrected chi connectivity index (χ0v) is 28.8. The highest BCUT2D eigenvalue weighted by Gasteiger charge is 2.53. The van der Waals surface area contributed by atoms with Crippen LogP contribution in [0.4, 0.5) is 0 Å². The minimum Gasteiger partial charge on any atom is -0.484 e. The van der Waals surface area contributed by atoms with Crippen molar-refractivity contribution in [2.45, 2.75) is 17.4 Å². The second-order valence-corrected chi connectivity index (χ2v) is 14.6. The molecule has 3 nitrogen and oxygen atoms in total. The predicted molar refractivity (Wildman–Crippen MR) is 214 cm³/mol. The van der Waals surface area contributed by atoms with E-state index in [9.17, 15) is 0 Å². The Hall–Kier alpha value is -6.71. The first kappa shape index (κ1) is 28.9. The minimum atomic E-state index is -0.370. The van der Waals surface area contributed by atoms with Crippen molar-refractivity contribution in [2.24, 2.45) is 0 Å². The molecule has 7 aromatic carbocycles. The van der Waals surface area contributed by atoms with E-state index in [1.807, 2.05) is 6.07 Å². The number of ether oxygens (including phenoxy) is 1. The normalized spacial score (nSPS) is 17.8. The van der Waals surface area contributed by atoms with Crippen molar-refractivity contribution in [1.29, 1.82) is 0 Å². The topological polar surface area (TPSA) is 27.1 Å². The molecule has 0 N–H and O–H groups in total. The molecule has 2 atom stereocenters. The van der Waals surface area contributed by atoms with Crippen molar-refractivity contribution < 1.29 is 4.74 Å². The van der Waals surface area contributed by atoms with Crippen molar-refractivity contribution in [3.05, 3.63) is 215 Å². The molecule has 0 radical (unpaired) electrons. The molecule has 3 heteroatoms. The van der Waals surface area contributed by atoms with Gasteiger partial charge in [-0.2, -0.15) is 0 Å². The van der Waals surface area contributed by atoms with Gasteiger partial charge in [0.1, 0.15) is 17.7 Å². The lowest BCUT2D eigenvalue weighted by Gasteiger charge is -2.30. The molecule has 0 amide bonds. The van der Waals surface area contributed by atoms with E-state index in [0.29, 0.717) is 0 Å². The Bertz CT molecular complexity index is 2830. The Morgan fingerprint density at radius 1 is 0.547 bits per heavy atom. The van der Waals surface area contributed by atoms with Gasteiger partial charge in [0.15, 0.2) is 0 Å². The summed E-state index contributed by atoms with van der Waals surface area (Å²) in [4.78, 5) is 5.08. The summed E-state index contributed by atoms with van der Waals surface area (Å²) in [5, 5.41) is 0. The molecular weight excluding hydrogens is 645 g/mol. The molecule has 248 valence electrons. The molecule has 1 aliphatic heterocycles. The van der Waals surface area contributed by atoms with Crippen molar-refractivity contribution in [3.63, 3.8) is 0 Å². The fraction of sp³-hybridized carbons (Fsp3) is 0.0600. The first-order valence-corrected chi connectivity index (χ1v) is 18.5. The van der Waals surface area contributed by atoms with Crippen LogP contribution in [0.1, 0.15) is 39.3 Å². The maximum absolute atomic E-state index is 7.09. The van der Waals surface area contributed by atoms with Crippen LogP contribution in [-0.4, -0.2) is 15.7 Å². The average molecular weight is 677 g/mol. The largest absolute Gasteiger partial charge is 0.484 e. The highest BCUT2D eigenvalue weighted by atomic mass is 16.5. The van der Waals surface area contributed by atoms with Gasteiger partial charge in [-0.05, 0) is 80.4 Å². The third kappa shape index (κ3) is 3.81. The minimum absolute atomic E-state index is 0.0784. The number of hydrogen-bond acceptors (Lipinski definition) is 2. The fourth-order valence-electron chi connectivity index (χ4n) is 9.80. The number of para-hydroxylation sites is 3. The number of nitrogens with zero attached hydrogens (tertiary/aromatic N) is 2. The highest BCUT2D eigenvalue weighted by Crippen LogP contribution is 2.65. The maximum Gasteiger partial charge on any atom is 0.145 e. The molecular formula is C50H32N2O. The van der Waals surface area contributed by atoms with Gasteiger partial charge in [-0.3, -0.25) is 4.57 Å². The van der Waals surface area contributed by atoms with Crippen LogP contribution in [0.15, 0.2) is 182 Å². The van der Waals surface area contributed by atoms with Crippen molar-refractivity contribution >= 4 is 16.6 Å². The third-order valence-corrected chi connectivity index (χ3v) is 12.0. The Morgan fingerprint density at radius 2 is 1.17 bits per heavy atom. The molecule has 4 aliphatic rings. The summed E-state index contributed by atoms with van der Waals surface area (Å²) in [7, 11) is 0. The number of allylic oxidation sites excluding steroid dienone is 2. The van der Waals surface area contributed by atoms with Gasteiger partial charge in [-0.1, -0.05) is 152 Å². The molecule has 0 saturated heterocycles. The Morgan fingerprint density at radius 3 is 1.92 bits per heavy atom. The predicted octanol–water partition coefficient (Wildman–Crippen LogP) is 11.5. The van der Waals surface area contributed by atoms with Crippen molar-refractivity contribution in [2.75, 3.05) is 0 Å². The van der Waals surface area contributed by atoms with Crippen molar-refractivity contribution in [1.82, 2.24) is 9.55 Å². The number of fused-ring (bicyclic) bond motifs is 15. The molecule has 1 spiro atoms. The van der Waals surface area contributed by atoms with Gasteiger partial charge in [0.25, 0.3) is 0 Å². The van der Waals surface area contributed by atoms with Gasteiger partial charge < -0.3 is 4.74 Å². The Kier molecular flexibility index (Phi) is 5.82. The molecule has 1 aromatic heterocycles. The van der Waals surface area contributed by atoms with Crippen LogP contribution in [0, 0.1) is 0 Å². The lowest BCUT2D eigenvalue weighted by atomic mass is 9.70. The summed E-state index contributed by atoms with van der Waals surface area (Å²) < 4.78 is 9.34. The Labute approximate surface area is 307 Å². The van der Waals surface area contributed by atoms with E-state index in [0.717, 1.165) is 33.9 Å². The van der Waals surface area contributed by atoms with Crippen LogP contribution in [0.2, 0.25) is 0 Å². The van der Waals surface area contributed by atoms with Crippen LogP contribution in [0.5, 0.6) is 5.75 Å². The van der Waals surface area contributed by atoms with Crippen LogP contribution in [-0.2, 0) is 5.41 Å². The first-order valence-electron chi connectivity index (χ1n) is 18.5. The molecule has 0 fully saturated rings. The van der Waals surface area contributed by atoms with Gasteiger partial charge in [-0.25, -0.2) is 4.98 Å². The smallest absolute Gasteiger partial charge is 0.145 e. The summed E-state index contributed by atoms with van der Waals surface area (Å²) in [6.07, 6.45) is 6.87. The summed E-state index contributed by atoms with van der Waals surface area (Å²) >= 11 is 0. The molecule has 8 aromatic rings. The van der Waals surface area contributed by atoms with Gasteiger partial charge in [0, 0.05) is 28.3 Å². The lowest BCUT2D eigenvalue weighted by Crippen LogP contribution is -2.25. The lowest BCUT2D eigenvalue weighted by molar-refractivity contribution is 0.270. The highest BCUT2D eigenvalue weighted by molar-refractivity contribution is 5.97. The second kappa shape index (κ2) is 10.7. The first-order chi connectivity index (χ1) is 26.3. The summed E-state index contributed by atoms with van der Waals surface area (Å²) in [5.74, 6) is 2.13. The second-order valence-electron chi connectivity index (χ2n) is 14.6. The molecule has 0 saturated carbocycles. The quantitative estimate of drug-likeness (QED) is 0.186. The van der Waals surface area contributed by atoms with Gasteiger partial charge in [-0.15, -0.1) is 0 Å². The van der Waals surface area contributed by atoms with Gasteiger partial charge in [0.05, 0.1) is 16.4 Å². The van der Waals surface area contributed by atoms with E-state index in [1.165, 1.54) is 61.2 Å². The standard InChI is InChI=1S/C50H32N2O/c1-2-12-34(13-3-1)52-45-21-11-10-20-44(45)51-49(52)32-24-22-31(23-25-32)33-26-27-37-38-28-29-43-47(48(38)53-46(37)30-33)39-16-6-9-19-42(39)50(43)40-17-7-4-14-35(40)36-15-5-8-18-41(36)50/h1-30,37,46H. The number of imidazole rings is 1. The maximum atomic E-state index is 7.09. The van der Waals surface area contributed by atoms with Crippen LogP contribution < -0.4 is 4.74 Å². The Balaban J connectivity index is 0.935. The summed E-state index contributed by atoms with van der Waals surface area (Å²) in [6, 6.07) is 59.3. The molecule has 0 bridgehead atoms. The molecule has 2 heterocycles. The fourth-order valence-corrected chi connectivity index (χ4v) is 9.80. The van der Waals surface area contributed by atoms with Crippen LogP contribution in [0.3, 0.4) is 0 Å². The van der Waals surface area contributed by atoms with Crippen LogP contribution >= 0.6 is 0 Å². The zero-order valence-electron chi connectivity index (χ0n) is 28.8. The number of benzene rings is 7. The third-order valence-electron chi connectivity index (χ3n) is 12.0. The summed E-state index contributed by atoms with van der Waals surface area (Å²) in [5.41, 5.74) is 18.0. The van der Waals surface area contributed by atoms with E-state index in [-0.39, 0.29) is 17.4 Å². The molecule has 2 unspecified atom stereocenters. The SMILES string of the molecule is C1=CC2c3ccc4c(c3OC2C=C1c1ccc(-c2nc3ccccc3n2-c2ccccc2)cc1)-c1ccccc1C41c2ccccc2-c2ccccc21. The van der Waals surface area contributed by atoms with Crippen LogP contribution in [0.25, 0.3) is 55.9 Å². The van der Waals surface area contributed by atoms with Gasteiger partial charge in [0.2, 0.25) is 0 Å². The average Bonchev–Trinajstić information content (AvgIpc) is 3.96.